The Morgan fingerprint density at radius 1 is 1.14 bits per heavy atom. The Morgan fingerprint density at radius 3 is 2.76 bits per heavy atom. The third-order valence-electron chi connectivity index (χ3n) is 3.11. The van der Waals surface area contributed by atoms with Crippen LogP contribution < -0.4 is 5.32 Å². The number of nitrogens with zero attached hydrogens (tertiary/aromatic N) is 1. The second kappa shape index (κ2) is 5.16. The van der Waals surface area contributed by atoms with E-state index in [1.807, 2.05) is 24.3 Å². The van der Waals surface area contributed by atoms with Crippen LogP contribution in [-0.4, -0.2) is 26.1 Å². The fraction of sp³-hybridized carbons (Fsp3) is 0.0667. The summed E-state index contributed by atoms with van der Waals surface area (Å²) in [6.07, 6.45) is 0. The normalized spacial score (nSPS) is 10.7. The number of aromatic hydroxyl groups is 2. The number of rotatable bonds is 3. The Kier molecular flexibility index (Phi) is 3.19. The van der Waals surface area contributed by atoms with Crippen molar-refractivity contribution in [3.63, 3.8) is 0 Å². The van der Waals surface area contributed by atoms with Crippen LogP contribution in [0.3, 0.4) is 0 Å². The van der Waals surface area contributed by atoms with Gasteiger partial charge in [-0.15, -0.1) is 0 Å². The number of hydrogen-bond acceptors (Lipinski definition) is 4. The van der Waals surface area contributed by atoms with Crippen molar-refractivity contribution >= 4 is 16.9 Å². The number of nitrogens with one attached hydrogen (secondary N) is 2. The molecule has 21 heavy (non-hydrogen) atoms. The molecule has 3 rings (SSSR count). The molecule has 0 saturated heterocycles. The fourth-order valence-electron chi connectivity index (χ4n) is 2.06. The smallest absolute Gasteiger partial charge is 0.255 e. The van der Waals surface area contributed by atoms with Gasteiger partial charge < -0.3 is 20.5 Å². The van der Waals surface area contributed by atoms with Crippen molar-refractivity contribution in [2.24, 2.45) is 0 Å². The van der Waals surface area contributed by atoms with E-state index in [1.165, 1.54) is 18.2 Å². The van der Waals surface area contributed by atoms with Crippen molar-refractivity contribution in [2.75, 3.05) is 0 Å². The molecule has 0 fully saturated rings. The van der Waals surface area contributed by atoms with Crippen molar-refractivity contribution in [1.29, 1.82) is 0 Å². The summed E-state index contributed by atoms with van der Waals surface area (Å²) in [5.74, 6) is -0.626. The van der Waals surface area contributed by atoms with E-state index in [4.69, 9.17) is 0 Å². The summed E-state index contributed by atoms with van der Waals surface area (Å²) in [6.45, 7) is 0.197. The Hall–Kier alpha value is -3.02. The van der Waals surface area contributed by atoms with Crippen LogP contribution in [0.1, 0.15) is 16.2 Å². The Morgan fingerprint density at radius 2 is 1.95 bits per heavy atom. The summed E-state index contributed by atoms with van der Waals surface area (Å²) >= 11 is 0. The number of hydrogen-bond donors (Lipinski definition) is 4. The van der Waals surface area contributed by atoms with Crippen LogP contribution in [0.5, 0.6) is 11.5 Å². The van der Waals surface area contributed by atoms with Gasteiger partial charge in [-0.05, 0) is 24.3 Å². The largest absolute Gasteiger partial charge is 0.504 e. The average Bonchev–Trinajstić information content (AvgIpc) is 2.90. The highest BCUT2D eigenvalue weighted by molar-refractivity contribution is 5.97. The minimum Gasteiger partial charge on any atom is -0.504 e. The van der Waals surface area contributed by atoms with Crippen LogP contribution in [-0.2, 0) is 6.54 Å². The number of para-hydroxylation sites is 3. The maximum Gasteiger partial charge on any atom is 0.255 e. The first-order valence-electron chi connectivity index (χ1n) is 6.38. The van der Waals surface area contributed by atoms with E-state index in [0.717, 1.165) is 11.0 Å². The van der Waals surface area contributed by atoms with E-state index < -0.39 is 11.7 Å². The second-order valence-electron chi connectivity index (χ2n) is 4.56. The lowest BCUT2D eigenvalue weighted by Crippen LogP contribution is -2.23. The molecule has 0 aliphatic heterocycles. The monoisotopic (exact) mass is 283 g/mol. The lowest BCUT2D eigenvalue weighted by atomic mass is 10.1. The molecule has 0 aliphatic carbocycles. The van der Waals surface area contributed by atoms with Gasteiger partial charge in [0.1, 0.15) is 5.82 Å². The second-order valence-corrected chi connectivity index (χ2v) is 4.56. The van der Waals surface area contributed by atoms with Crippen LogP contribution in [0.25, 0.3) is 11.0 Å². The van der Waals surface area contributed by atoms with Gasteiger partial charge in [-0.2, -0.15) is 0 Å². The maximum absolute atomic E-state index is 12.0. The van der Waals surface area contributed by atoms with E-state index in [9.17, 15) is 15.0 Å². The quantitative estimate of drug-likeness (QED) is 0.552. The van der Waals surface area contributed by atoms with Gasteiger partial charge in [-0.25, -0.2) is 4.98 Å². The fourth-order valence-corrected chi connectivity index (χ4v) is 2.06. The van der Waals surface area contributed by atoms with Crippen molar-refractivity contribution in [3.8, 4) is 11.5 Å². The van der Waals surface area contributed by atoms with E-state index in [0.29, 0.717) is 5.82 Å². The molecule has 0 aliphatic rings. The standard InChI is InChI=1S/C15H13N3O3/c19-12-7-3-4-9(14(12)20)15(21)16-8-13-17-10-5-1-2-6-11(10)18-13/h1-7,19-20H,8H2,(H,16,21)(H,17,18). The van der Waals surface area contributed by atoms with E-state index in [2.05, 4.69) is 15.3 Å². The van der Waals surface area contributed by atoms with Crippen LogP contribution in [0.4, 0.5) is 0 Å². The number of imidazole rings is 1. The summed E-state index contributed by atoms with van der Waals surface area (Å²) in [5, 5.41) is 21.7. The van der Waals surface area contributed by atoms with Crippen LogP contribution in [0.15, 0.2) is 42.5 Å². The summed E-state index contributed by atoms with van der Waals surface area (Å²) in [6, 6.07) is 11.8. The van der Waals surface area contributed by atoms with Gasteiger partial charge in [0.05, 0.1) is 23.1 Å². The minimum absolute atomic E-state index is 0.0195. The molecule has 0 saturated carbocycles. The molecule has 0 spiro atoms. The molecular formula is C15H13N3O3. The number of carbonyl (C=O) groups excluding carboxylic acids is 1. The lowest BCUT2D eigenvalue weighted by molar-refractivity contribution is 0.0946. The molecule has 0 unspecified atom stereocenters. The van der Waals surface area contributed by atoms with Gasteiger partial charge in [0, 0.05) is 0 Å². The highest BCUT2D eigenvalue weighted by Crippen LogP contribution is 2.27. The molecule has 2 aromatic carbocycles. The highest BCUT2D eigenvalue weighted by atomic mass is 16.3. The van der Waals surface area contributed by atoms with Gasteiger partial charge in [-0.1, -0.05) is 18.2 Å². The number of carbonyl (C=O) groups is 1. The number of H-pyrrole nitrogens is 1. The Labute approximate surface area is 120 Å². The molecule has 0 radical (unpaired) electrons. The van der Waals surface area contributed by atoms with Gasteiger partial charge >= 0.3 is 0 Å². The third kappa shape index (κ3) is 2.51. The molecule has 3 aromatic rings. The first-order valence-corrected chi connectivity index (χ1v) is 6.38. The van der Waals surface area contributed by atoms with Crippen molar-refractivity contribution in [3.05, 3.63) is 53.9 Å². The number of fused-ring (bicyclic) bond motifs is 1. The first-order chi connectivity index (χ1) is 10.1. The topological polar surface area (TPSA) is 98.2 Å². The lowest BCUT2D eigenvalue weighted by Gasteiger charge is -2.06. The zero-order chi connectivity index (χ0) is 14.8. The van der Waals surface area contributed by atoms with Crippen molar-refractivity contribution in [1.82, 2.24) is 15.3 Å². The number of phenols is 2. The van der Waals surface area contributed by atoms with E-state index in [-0.39, 0.29) is 17.9 Å². The molecule has 1 amide bonds. The predicted octanol–water partition coefficient (Wildman–Crippen LogP) is 1.90. The van der Waals surface area contributed by atoms with Crippen molar-refractivity contribution < 1.29 is 15.0 Å². The van der Waals surface area contributed by atoms with Crippen molar-refractivity contribution in [2.45, 2.75) is 6.54 Å². The molecule has 1 heterocycles. The van der Waals surface area contributed by atoms with E-state index in [1.54, 1.807) is 0 Å². The number of aromatic amines is 1. The molecule has 0 bridgehead atoms. The average molecular weight is 283 g/mol. The van der Waals surface area contributed by atoms with E-state index >= 15 is 0 Å². The molecule has 6 nitrogen and oxygen atoms in total. The number of phenolic OH excluding ortho intramolecular Hbond substituents is 2. The Balaban J connectivity index is 1.75. The number of amides is 1. The predicted molar refractivity (Wildman–Crippen MR) is 77.0 cm³/mol. The highest BCUT2D eigenvalue weighted by Gasteiger charge is 2.14. The molecule has 4 N–H and O–H groups in total. The summed E-state index contributed by atoms with van der Waals surface area (Å²) in [4.78, 5) is 19.4. The summed E-state index contributed by atoms with van der Waals surface area (Å²) in [5.41, 5.74) is 1.73. The molecule has 1 aromatic heterocycles. The van der Waals surface area contributed by atoms with Gasteiger partial charge in [0.15, 0.2) is 11.5 Å². The minimum atomic E-state index is -0.483. The van der Waals surface area contributed by atoms with Gasteiger partial charge in [-0.3, -0.25) is 4.79 Å². The maximum atomic E-state index is 12.0. The Bertz CT molecular complexity index is 778. The zero-order valence-corrected chi connectivity index (χ0v) is 11.0. The summed E-state index contributed by atoms with van der Waals surface area (Å²) in [7, 11) is 0. The van der Waals surface area contributed by atoms with Crippen LogP contribution >= 0.6 is 0 Å². The van der Waals surface area contributed by atoms with Crippen LogP contribution in [0.2, 0.25) is 0 Å². The first kappa shape index (κ1) is 13.0. The van der Waals surface area contributed by atoms with Crippen LogP contribution in [0, 0.1) is 0 Å². The molecule has 6 heteroatoms. The molecule has 106 valence electrons. The zero-order valence-electron chi connectivity index (χ0n) is 11.0. The molecule has 0 atom stereocenters. The van der Waals surface area contributed by atoms with Gasteiger partial charge in [0.2, 0.25) is 0 Å². The number of aromatic nitrogens is 2. The third-order valence-corrected chi connectivity index (χ3v) is 3.11. The van der Waals surface area contributed by atoms with Gasteiger partial charge in [0.25, 0.3) is 5.91 Å². The molecular weight excluding hydrogens is 270 g/mol. The summed E-state index contributed by atoms with van der Waals surface area (Å²) < 4.78 is 0. The number of benzene rings is 2. The SMILES string of the molecule is O=C(NCc1nc2ccccc2[nH]1)c1cccc(O)c1O.